The van der Waals surface area contributed by atoms with Gasteiger partial charge in [0.1, 0.15) is 34.2 Å². The number of hydrogen-bond acceptors (Lipinski definition) is 9. The molecule has 2 aliphatic rings. The summed E-state index contributed by atoms with van der Waals surface area (Å²) in [6, 6.07) is 23.0. The predicted molar refractivity (Wildman–Crippen MR) is 305 cm³/mol. The zero-order valence-corrected chi connectivity index (χ0v) is 49.6. The predicted octanol–water partition coefficient (Wildman–Crippen LogP) is 14.9. The van der Waals surface area contributed by atoms with E-state index in [4.69, 9.17) is 8.85 Å². The summed E-state index contributed by atoms with van der Waals surface area (Å²) in [6.07, 6.45) is 4.21. The van der Waals surface area contributed by atoms with Crippen molar-refractivity contribution in [2.75, 3.05) is 19.5 Å². The summed E-state index contributed by atoms with van der Waals surface area (Å²) < 4.78 is 54.1. The van der Waals surface area contributed by atoms with Crippen LogP contribution in [0.3, 0.4) is 0 Å². The van der Waals surface area contributed by atoms with Crippen LogP contribution < -0.4 is 8.85 Å². The summed E-state index contributed by atoms with van der Waals surface area (Å²) in [5.41, 5.74) is 6.28. The Morgan fingerprint density at radius 2 is 1.00 bits per heavy atom. The van der Waals surface area contributed by atoms with Gasteiger partial charge in [0.2, 0.25) is 11.8 Å². The summed E-state index contributed by atoms with van der Waals surface area (Å²) in [4.78, 5) is 67.2. The first-order valence-corrected chi connectivity index (χ1v) is 33.7. The van der Waals surface area contributed by atoms with Crippen LogP contribution in [0.5, 0.6) is 11.5 Å². The van der Waals surface area contributed by atoms with Crippen LogP contribution in [0.4, 0.5) is 8.78 Å². The Kier molecular flexibility index (Phi) is 17.5. The lowest BCUT2D eigenvalue weighted by molar-refractivity contribution is -0.131. The van der Waals surface area contributed by atoms with Crippen molar-refractivity contribution < 1.29 is 41.4 Å². The molecule has 0 saturated carbocycles. The third kappa shape index (κ3) is 11.4. The number of aromatic nitrogens is 2. The first-order valence-electron chi connectivity index (χ1n) is 26.7. The first kappa shape index (κ1) is 57.8. The molecule has 0 bridgehead atoms. The summed E-state index contributed by atoms with van der Waals surface area (Å²) in [6.45, 7) is 29.8. The van der Waals surface area contributed by atoms with E-state index in [0.717, 1.165) is 10.8 Å². The maximum atomic E-state index is 14.4. The zero-order chi connectivity index (χ0) is 55.8. The number of carbonyl (C=O) groups is 4. The molecule has 11 nitrogen and oxygen atoms in total. The van der Waals surface area contributed by atoms with E-state index >= 15 is 0 Å². The van der Waals surface area contributed by atoms with Gasteiger partial charge in [-0.2, -0.15) is 0 Å². The largest absolute Gasteiger partial charge is 0.541 e. The van der Waals surface area contributed by atoms with Crippen molar-refractivity contribution >= 4 is 69.2 Å². The average Bonchev–Trinajstić information content (AvgIpc) is 3.35. The number of benzene rings is 4. The van der Waals surface area contributed by atoms with Gasteiger partial charge in [-0.05, 0) is 124 Å². The van der Waals surface area contributed by atoms with Crippen molar-refractivity contribution in [1.82, 2.24) is 19.8 Å². The second kappa shape index (κ2) is 23.0. The molecule has 0 aliphatic carbocycles. The molecule has 0 fully saturated rings. The zero-order valence-electron chi connectivity index (χ0n) is 46.7. The molecule has 1 unspecified atom stereocenters. The number of amides is 4. The van der Waals surface area contributed by atoms with Crippen LogP contribution in [-0.4, -0.2) is 79.5 Å². The van der Waals surface area contributed by atoms with Gasteiger partial charge in [-0.3, -0.25) is 38.9 Å². The van der Waals surface area contributed by atoms with Gasteiger partial charge in [0.05, 0.1) is 43.7 Å². The third-order valence-corrected chi connectivity index (χ3v) is 29.0. The van der Waals surface area contributed by atoms with Gasteiger partial charge in [0.15, 0.2) is 0 Å². The van der Waals surface area contributed by atoms with Gasteiger partial charge in [-0.25, -0.2) is 8.78 Å². The summed E-state index contributed by atoms with van der Waals surface area (Å²) in [7, 11) is -7.42. The second-order valence-electron chi connectivity index (χ2n) is 23.0. The van der Waals surface area contributed by atoms with E-state index in [1.54, 1.807) is 50.0 Å². The lowest BCUT2D eigenvalue weighted by Gasteiger charge is -2.43. The topological polar surface area (TPSA) is 136 Å². The van der Waals surface area contributed by atoms with E-state index in [9.17, 15) is 32.5 Å². The Morgan fingerprint density at radius 3 is 1.43 bits per heavy atom. The number of imide groups is 2. The van der Waals surface area contributed by atoms with Crippen LogP contribution in [0, 0.1) is 11.6 Å². The van der Waals surface area contributed by atoms with Gasteiger partial charge in [0, 0.05) is 29.3 Å². The molecule has 4 amide bonds. The molecule has 16 heteroatoms. The summed E-state index contributed by atoms with van der Waals surface area (Å²) in [5.74, 6) is -1.91. The maximum Gasteiger partial charge on any atom is 0.264 e. The van der Waals surface area contributed by atoms with Crippen LogP contribution in [0.2, 0.25) is 33.2 Å². The number of rotatable bonds is 17. The van der Waals surface area contributed by atoms with Gasteiger partial charge in [0.25, 0.3) is 28.4 Å². The minimum atomic E-state index is -2.55. The molecule has 2 aromatic heterocycles. The summed E-state index contributed by atoms with van der Waals surface area (Å²) in [5, 5.41) is 1.65. The highest BCUT2D eigenvalue weighted by Gasteiger charge is 2.51. The quantitative estimate of drug-likeness (QED) is 0.0497. The van der Waals surface area contributed by atoms with Crippen LogP contribution in [0.25, 0.3) is 21.8 Å². The average molecular weight is 1090 g/mol. The molecule has 6 aromatic rings. The van der Waals surface area contributed by atoms with E-state index in [2.05, 4.69) is 93.1 Å². The molecule has 0 radical (unpaired) electrons. The van der Waals surface area contributed by atoms with Gasteiger partial charge in [-0.1, -0.05) is 119 Å². The normalized spacial score (nSPS) is 15.4. The van der Waals surface area contributed by atoms with Crippen LogP contribution in [0.15, 0.2) is 97.3 Å². The molecule has 0 saturated heterocycles. The van der Waals surface area contributed by atoms with E-state index in [1.807, 2.05) is 36.4 Å². The van der Waals surface area contributed by atoms with Crippen molar-refractivity contribution in [2.24, 2.45) is 0 Å². The highest BCUT2D eigenvalue weighted by molar-refractivity contribution is 7.62. The number of halogens is 2. The number of fused-ring (bicyclic) bond motifs is 4. The van der Waals surface area contributed by atoms with Crippen molar-refractivity contribution in [3.05, 3.63) is 142 Å². The van der Waals surface area contributed by atoms with E-state index in [0.29, 0.717) is 85.1 Å². The van der Waals surface area contributed by atoms with E-state index in [-0.39, 0.29) is 65.5 Å². The van der Waals surface area contributed by atoms with Crippen molar-refractivity contribution in [3.8, 4) is 11.5 Å². The molecule has 404 valence electrons. The SMILES string of the molecule is CC(C)[Si](Oc1c2c(cc3cccnc13)C(CCP(C)(C)=O)C(=O)N(Cc1ccc(F)cc1)C2=O)(C(C)C)C(C)C.CC(C)[Si](Oc1c2c(cc3cccnc13)CC(=O)N(Cc1ccc(F)cc1)C2=O)(C(C)C)C(C)C. The Hall–Kier alpha value is -5.90. The lowest BCUT2D eigenvalue weighted by Crippen LogP contribution is -2.51. The molecular weight excluding hydrogens is 1010 g/mol. The van der Waals surface area contributed by atoms with Crippen molar-refractivity contribution in [3.63, 3.8) is 0 Å². The van der Waals surface area contributed by atoms with Gasteiger partial charge >= 0.3 is 0 Å². The minimum absolute atomic E-state index is 0.00457. The standard InChI is InChI=1S/C32H42FN2O4PSi.C28H33FN2O3Si/c1-20(2)41(21(3)4,22(5)6)39-30-28-27(18-24-10-9-16-34-29(24)30)26(15-17-40(7,8)38)31(36)35(32(28)37)19-23-11-13-25(33)14-12-23;1-17(2)35(18(3)4,19(5)6)34-27-25-22(14-21-8-7-13-30-26(21)27)15-24(32)31(28(25)33)16-20-9-11-23(29)12-10-20/h9-14,16,18,20-22,26H,15,17,19H2,1-8H3;7-14,17-19H,15-16H2,1-6H3. The van der Waals surface area contributed by atoms with E-state index < -0.39 is 35.6 Å². The Morgan fingerprint density at radius 1 is 0.592 bits per heavy atom. The Bertz CT molecular complexity index is 3150. The van der Waals surface area contributed by atoms with Gasteiger partial charge in [-0.15, -0.1) is 0 Å². The molecule has 1 atom stereocenters. The number of carbonyl (C=O) groups excluding carboxylic acids is 4. The number of nitrogens with zero attached hydrogens (tertiary/aromatic N) is 4. The highest BCUT2D eigenvalue weighted by Crippen LogP contribution is 2.50. The minimum Gasteiger partial charge on any atom is -0.541 e. The molecule has 0 spiro atoms. The van der Waals surface area contributed by atoms with Crippen LogP contribution in [0.1, 0.15) is 138 Å². The molecule has 8 rings (SSSR count). The third-order valence-electron chi connectivity index (χ3n) is 15.7. The smallest absolute Gasteiger partial charge is 0.264 e. The Labute approximate surface area is 449 Å². The van der Waals surface area contributed by atoms with Gasteiger partial charge < -0.3 is 13.4 Å². The van der Waals surface area contributed by atoms with Crippen LogP contribution >= 0.6 is 7.14 Å². The molecule has 2 aliphatic heterocycles. The molecule has 0 N–H and O–H groups in total. The van der Waals surface area contributed by atoms with E-state index in [1.165, 1.54) is 34.1 Å². The summed E-state index contributed by atoms with van der Waals surface area (Å²) >= 11 is 0. The van der Waals surface area contributed by atoms with Crippen LogP contribution in [-0.2, 0) is 33.7 Å². The Balaban J connectivity index is 0.000000224. The molecular formula is C60H75F2N4O7PSi2. The monoisotopic (exact) mass is 1090 g/mol. The maximum absolute atomic E-state index is 14.4. The number of hydrogen-bond donors (Lipinski definition) is 0. The molecule has 4 heterocycles. The van der Waals surface area contributed by atoms with Crippen molar-refractivity contribution in [1.29, 1.82) is 0 Å². The second-order valence-corrected chi connectivity index (χ2v) is 37.3. The molecule has 76 heavy (non-hydrogen) atoms. The lowest BCUT2D eigenvalue weighted by atomic mass is 9.84. The number of pyridine rings is 2. The first-order chi connectivity index (χ1) is 35.7. The van der Waals surface area contributed by atoms with Crippen molar-refractivity contribution in [2.45, 2.75) is 148 Å². The fourth-order valence-electron chi connectivity index (χ4n) is 12.2. The fraction of sp³-hybridized carbons (Fsp3) is 0.433. The highest BCUT2D eigenvalue weighted by atomic mass is 31.2. The fourth-order valence-corrected chi connectivity index (χ4v) is 23.6. The molecule has 4 aromatic carbocycles.